The highest BCUT2D eigenvalue weighted by atomic mass is 19.1. The molecule has 166 valence electrons. The van der Waals surface area contributed by atoms with Crippen molar-refractivity contribution in [1.29, 1.82) is 0 Å². The minimum atomic E-state index is -1.09. The van der Waals surface area contributed by atoms with E-state index in [0.717, 1.165) is 56.2 Å². The van der Waals surface area contributed by atoms with Crippen LogP contribution in [0.15, 0.2) is 18.3 Å². The van der Waals surface area contributed by atoms with Gasteiger partial charge in [0.15, 0.2) is 23.2 Å². The number of ether oxygens (including phenoxy) is 1. The molecule has 7 nitrogen and oxygen atoms in total. The Morgan fingerprint density at radius 1 is 1.23 bits per heavy atom. The first kappa shape index (κ1) is 21.3. The highest BCUT2D eigenvalue weighted by Gasteiger charge is 2.41. The second kappa shape index (κ2) is 8.64. The lowest BCUT2D eigenvalue weighted by Crippen LogP contribution is -2.45. The van der Waals surface area contributed by atoms with E-state index in [1.54, 1.807) is 11.1 Å². The van der Waals surface area contributed by atoms with Crippen LogP contribution in [0.3, 0.4) is 0 Å². The smallest absolute Gasteiger partial charge is 0.416 e. The van der Waals surface area contributed by atoms with Crippen molar-refractivity contribution in [3.63, 3.8) is 0 Å². The average molecular weight is 432 g/mol. The Bertz CT molecular complexity index is 954. The number of carbonyl (C=O) groups excluding carboxylic acids is 1. The van der Waals surface area contributed by atoms with Gasteiger partial charge in [0.1, 0.15) is 6.10 Å². The Balaban J connectivity index is 1.73. The van der Waals surface area contributed by atoms with E-state index >= 15 is 0 Å². The lowest BCUT2D eigenvalue weighted by Gasteiger charge is -2.38. The summed E-state index contributed by atoms with van der Waals surface area (Å²) in [4.78, 5) is 23.5. The standard InChI is InChI=1S/C22H26F2N4O3/c1-3-12(4-2)19-15-11-25-21(26-13-9-16(23)18(29)17(24)10-13)27-20(15)28(22(30)31-19)14-7-5-6-8-14/h9-12,14,19,29H,3-8H2,1-2H3,(H,25,26,27). The Morgan fingerprint density at radius 2 is 1.87 bits per heavy atom. The van der Waals surface area contributed by atoms with Gasteiger partial charge in [0.05, 0.1) is 5.56 Å². The van der Waals surface area contributed by atoms with Crippen LogP contribution in [0.5, 0.6) is 5.75 Å². The third kappa shape index (κ3) is 4.00. The third-order valence-electron chi connectivity index (χ3n) is 6.19. The van der Waals surface area contributed by atoms with Gasteiger partial charge in [-0.15, -0.1) is 0 Å². The summed E-state index contributed by atoms with van der Waals surface area (Å²) in [6.45, 7) is 4.10. The van der Waals surface area contributed by atoms with Crippen LogP contribution >= 0.6 is 0 Å². The first-order valence-electron chi connectivity index (χ1n) is 10.7. The quantitative estimate of drug-likeness (QED) is 0.580. The number of nitrogens with one attached hydrogen (secondary N) is 1. The van der Waals surface area contributed by atoms with E-state index in [1.807, 2.05) is 0 Å². The van der Waals surface area contributed by atoms with Crippen LogP contribution in [0.1, 0.15) is 64.0 Å². The number of aromatic nitrogens is 2. The molecule has 1 aliphatic carbocycles. The first-order valence-corrected chi connectivity index (χ1v) is 10.7. The molecule has 1 amide bonds. The van der Waals surface area contributed by atoms with Gasteiger partial charge in [0.25, 0.3) is 0 Å². The number of phenolic OH excluding ortho intramolecular Hbond substituents is 1. The molecule has 0 spiro atoms. The number of carbonyl (C=O) groups is 1. The van der Waals surface area contributed by atoms with Gasteiger partial charge in [0, 0.05) is 36.0 Å². The van der Waals surface area contributed by atoms with Gasteiger partial charge in [0.2, 0.25) is 5.95 Å². The van der Waals surface area contributed by atoms with Gasteiger partial charge in [-0.25, -0.2) is 18.6 Å². The van der Waals surface area contributed by atoms with E-state index in [-0.39, 0.29) is 23.6 Å². The molecule has 0 saturated heterocycles. The number of hydrogen-bond acceptors (Lipinski definition) is 6. The van der Waals surface area contributed by atoms with Crippen molar-refractivity contribution in [3.8, 4) is 5.75 Å². The summed E-state index contributed by atoms with van der Waals surface area (Å²) < 4.78 is 33.3. The van der Waals surface area contributed by atoms with Gasteiger partial charge in [-0.1, -0.05) is 26.7 Å². The second-order valence-corrected chi connectivity index (χ2v) is 8.08. The Kier molecular flexibility index (Phi) is 5.93. The van der Waals surface area contributed by atoms with E-state index in [2.05, 4.69) is 29.1 Å². The minimum absolute atomic E-state index is 0.000198. The maximum absolute atomic E-state index is 13.7. The average Bonchev–Trinajstić information content (AvgIpc) is 3.27. The summed E-state index contributed by atoms with van der Waals surface area (Å²) in [5, 5.41) is 12.1. The van der Waals surface area contributed by atoms with Crippen LogP contribution in [0.25, 0.3) is 0 Å². The van der Waals surface area contributed by atoms with E-state index in [9.17, 15) is 18.7 Å². The molecule has 0 radical (unpaired) electrons. The number of phenols is 1. The molecular weight excluding hydrogens is 406 g/mol. The molecule has 2 heterocycles. The number of halogens is 2. The Hall–Kier alpha value is -2.97. The summed E-state index contributed by atoms with van der Waals surface area (Å²) >= 11 is 0. The van der Waals surface area contributed by atoms with Crippen LogP contribution < -0.4 is 10.2 Å². The number of aromatic hydroxyl groups is 1. The molecule has 1 aromatic carbocycles. The van der Waals surface area contributed by atoms with Gasteiger partial charge >= 0.3 is 6.09 Å². The second-order valence-electron chi connectivity index (χ2n) is 8.08. The summed E-state index contributed by atoms with van der Waals surface area (Å²) in [5.74, 6) is -2.51. The molecule has 1 aromatic heterocycles. The summed E-state index contributed by atoms with van der Waals surface area (Å²) in [6.07, 6.45) is 6.23. The fourth-order valence-electron chi connectivity index (χ4n) is 4.47. The number of rotatable bonds is 6. The van der Waals surface area contributed by atoms with Crippen LogP contribution in [0, 0.1) is 17.6 Å². The predicted octanol–water partition coefficient (Wildman–Crippen LogP) is 5.58. The van der Waals surface area contributed by atoms with Crippen molar-refractivity contribution < 1.29 is 23.4 Å². The number of cyclic esters (lactones) is 1. The molecule has 1 atom stereocenters. The lowest BCUT2D eigenvalue weighted by atomic mass is 9.91. The fourth-order valence-corrected chi connectivity index (χ4v) is 4.47. The van der Waals surface area contributed by atoms with Gasteiger partial charge < -0.3 is 15.2 Å². The number of hydrogen-bond donors (Lipinski definition) is 2. The number of nitrogens with zero attached hydrogens (tertiary/aromatic N) is 3. The molecule has 9 heteroatoms. The Morgan fingerprint density at radius 3 is 2.48 bits per heavy atom. The number of benzene rings is 1. The van der Waals surface area contributed by atoms with Crippen LogP contribution in [-0.4, -0.2) is 27.2 Å². The number of anilines is 3. The van der Waals surface area contributed by atoms with E-state index in [1.165, 1.54) is 0 Å². The zero-order chi connectivity index (χ0) is 22.1. The highest BCUT2D eigenvalue weighted by molar-refractivity contribution is 5.90. The lowest BCUT2D eigenvalue weighted by molar-refractivity contribution is 0.0542. The van der Waals surface area contributed by atoms with Crippen molar-refractivity contribution in [3.05, 3.63) is 35.5 Å². The van der Waals surface area contributed by atoms with Gasteiger partial charge in [-0.3, -0.25) is 4.90 Å². The molecule has 1 aliphatic heterocycles. The van der Waals surface area contributed by atoms with E-state index in [0.29, 0.717) is 5.82 Å². The zero-order valence-electron chi connectivity index (χ0n) is 17.6. The summed E-state index contributed by atoms with van der Waals surface area (Å²) in [5.41, 5.74) is 0.795. The highest BCUT2D eigenvalue weighted by Crippen LogP contribution is 2.43. The molecule has 2 aliphatic rings. The molecule has 0 bridgehead atoms. The maximum Gasteiger partial charge on any atom is 0.416 e. The summed E-state index contributed by atoms with van der Waals surface area (Å²) in [6, 6.07) is 1.91. The third-order valence-corrected chi connectivity index (χ3v) is 6.19. The van der Waals surface area contributed by atoms with Crippen LogP contribution in [-0.2, 0) is 4.74 Å². The first-order chi connectivity index (χ1) is 14.9. The molecular formula is C22H26F2N4O3. The van der Waals surface area contributed by atoms with Crippen LogP contribution in [0.2, 0.25) is 0 Å². The zero-order valence-corrected chi connectivity index (χ0v) is 17.6. The fraction of sp³-hybridized carbons (Fsp3) is 0.500. The van der Waals surface area contributed by atoms with Crippen molar-refractivity contribution in [2.75, 3.05) is 10.2 Å². The monoisotopic (exact) mass is 432 g/mol. The molecule has 2 aromatic rings. The van der Waals surface area contributed by atoms with Crippen LogP contribution in [0.4, 0.5) is 31.0 Å². The SMILES string of the molecule is CCC(CC)C1OC(=O)N(C2CCCC2)c2nc(Nc3cc(F)c(O)c(F)c3)ncc21. The predicted molar refractivity (Wildman–Crippen MR) is 111 cm³/mol. The van der Waals surface area contributed by atoms with E-state index in [4.69, 9.17) is 4.74 Å². The van der Waals surface area contributed by atoms with Gasteiger partial charge in [-0.05, 0) is 25.7 Å². The summed E-state index contributed by atoms with van der Waals surface area (Å²) in [7, 11) is 0. The molecule has 1 saturated carbocycles. The topological polar surface area (TPSA) is 87.6 Å². The Labute approximate surface area is 179 Å². The van der Waals surface area contributed by atoms with Crippen molar-refractivity contribution in [2.45, 2.75) is 64.5 Å². The molecule has 2 N–H and O–H groups in total. The van der Waals surface area contributed by atoms with Gasteiger partial charge in [-0.2, -0.15) is 4.98 Å². The normalized spacial score (nSPS) is 18.9. The van der Waals surface area contributed by atoms with Crippen molar-refractivity contribution in [2.24, 2.45) is 5.92 Å². The van der Waals surface area contributed by atoms with Crippen molar-refractivity contribution in [1.82, 2.24) is 9.97 Å². The maximum atomic E-state index is 13.7. The minimum Gasteiger partial charge on any atom is -0.503 e. The largest absolute Gasteiger partial charge is 0.503 e. The molecule has 1 unspecified atom stereocenters. The molecule has 1 fully saturated rings. The molecule has 4 rings (SSSR count). The van der Waals surface area contributed by atoms with E-state index < -0.39 is 29.6 Å². The number of fused-ring (bicyclic) bond motifs is 1. The number of amides is 1. The molecule has 31 heavy (non-hydrogen) atoms. The van der Waals surface area contributed by atoms with Crippen molar-refractivity contribution >= 4 is 23.5 Å².